The van der Waals surface area contributed by atoms with Crippen LogP contribution in [-0.4, -0.2) is 13.7 Å². The van der Waals surface area contributed by atoms with Crippen molar-refractivity contribution in [2.45, 2.75) is 57.9 Å². The number of ether oxygens (including phenoxy) is 1. The summed E-state index contributed by atoms with van der Waals surface area (Å²) >= 11 is 0. The summed E-state index contributed by atoms with van der Waals surface area (Å²) in [7, 11) is 1.75. The predicted molar refractivity (Wildman–Crippen MR) is 83.3 cm³/mol. The molecule has 0 aliphatic heterocycles. The Morgan fingerprint density at radius 1 is 1.30 bits per heavy atom. The molecule has 1 aromatic carbocycles. The Morgan fingerprint density at radius 3 is 2.80 bits per heavy atom. The molecule has 1 atom stereocenters. The van der Waals surface area contributed by atoms with Gasteiger partial charge in [-0.1, -0.05) is 19.4 Å². The summed E-state index contributed by atoms with van der Waals surface area (Å²) in [6.07, 6.45) is 9.34. The van der Waals surface area contributed by atoms with Crippen LogP contribution >= 0.6 is 0 Å². The van der Waals surface area contributed by atoms with Crippen molar-refractivity contribution < 1.29 is 4.74 Å². The van der Waals surface area contributed by atoms with Crippen molar-refractivity contribution in [2.24, 2.45) is 5.41 Å². The van der Waals surface area contributed by atoms with Crippen molar-refractivity contribution in [3.05, 3.63) is 29.3 Å². The van der Waals surface area contributed by atoms with Crippen LogP contribution in [0.25, 0.3) is 0 Å². The zero-order valence-electron chi connectivity index (χ0n) is 12.9. The van der Waals surface area contributed by atoms with E-state index in [0.29, 0.717) is 11.5 Å². The van der Waals surface area contributed by atoms with E-state index in [-0.39, 0.29) is 0 Å². The second kappa shape index (κ2) is 5.77. The summed E-state index contributed by atoms with van der Waals surface area (Å²) in [5, 5.41) is 3.87. The zero-order valence-corrected chi connectivity index (χ0v) is 12.9. The quantitative estimate of drug-likeness (QED) is 0.866. The van der Waals surface area contributed by atoms with Crippen LogP contribution in [0.1, 0.15) is 62.6 Å². The first-order valence-electron chi connectivity index (χ1n) is 8.16. The second-order valence-electron chi connectivity index (χ2n) is 6.60. The lowest BCUT2D eigenvalue weighted by molar-refractivity contribution is 0.117. The monoisotopic (exact) mass is 273 g/mol. The van der Waals surface area contributed by atoms with E-state index in [2.05, 4.69) is 30.4 Å². The standard InChI is InChI=1S/C18H27NO/c1-3-18(10-5-11-18)13-19-17-7-4-6-14-12-15(20-2)8-9-16(14)17/h8-9,12,17,19H,3-7,10-11,13H2,1-2H3. The van der Waals surface area contributed by atoms with Crippen molar-refractivity contribution >= 4 is 0 Å². The number of rotatable bonds is 5. The molecule has 2 heteroatoms. The average molecular weight is 273 g/mol. The number of nitrogens with one attached hydrogen (secondary N) is 1. The molecule has 1 saturated carbocycles. The van der Waals surface area contributed by atoms with E-state index in [1.165, 1.54) is 62.6 Å². The molecule has 0 radical (unpaired) electrons. The van der Waals surface area contributed by atoms with Gasteiger partial charge in [-0.2, -0.15) is 0 Å². The highest BCUT2D eigenvalue weighted by Gasteiger charge is 2.35. The number of hydrogen-bond acceptors (Lipinski definition) is 2. The minimum absolute atomic E-state index is 0.550. The fourth-order valence-corrected chi connectivity index (χ4v) is 3.80. The van der Waals surface area contributed by atoms with Gasteiger partial charge in [-0.05, 0) is 67.2 Å². The number of methoxy groups -OCH3 is 1. The highest BCUT2D eigenvalue weighted by Crippen LogP contribution is 2.44. The lowest BCUT2D eigenvalue weighted by atomic mass is 9.67. The average Bonchev–Trinajstić information content (AvgIpc) is 2.46. The van der Waals surface area contributed by atoms with Gasteiger partial charge in [0.2, 0.25) is 0 Å². The Kier molecular flexibility index (Phi) is 4.02. The summed E-state index contributed by atoms with van der Waals surface area (Å²) in [5.74, 6) is 0.994. The maximum atomic E-state index is 5.35. The first-order valence-corrected chi connectivity index (χ1v) is 8.16. The van der Waals surface area contributed by atoms with Gasteiger partial charge in [0, 0.05) is 12.6 Å². The number of hydrogen-bond donors (Lipinski definition) is 1. The molecule has 0 spiro atoms. The summed E-state index contributed by atoms with van der Waals surface area (Å²) in [6.45, 7) is 3.54. The largest absolute Gasteiger partial charge is 0.497 e. The third kappa shape index (κ3) is 2.58. The van der Waals surface area contributed by atoms with Crippen LogP contribution in [0.3, 0.4) is 0 Å². The molecule has 20 heavy (non-hydrogen) atoms. The molecule has 1 N–H and O–H groups in total. The van der Waals surface area contributed by atoms with Crippen LogP contribution in [0.4, 0.5) is 0 Å². The van der Waals surface area contributed by atoms with E-state index in [9.17, 15) is 0 Å². The van der Waals surface area contributed by atoms with Crippen LogP contribution in [0.2, 0.25) is 0 Å². The van der Waals surface area contributed by atoms with Gasteiger partial charge in [-0.25, -0.2) is 0 Å². The summed E-state index contributed by atoms with van der Waals surface area (Å²) in [6, 6.07) is 7.15. The van der Waals surface area contributed by atoms with E-state index in [4.69, 9.17) is 4.74 Å². The van der Waals surface area contributed by atoms with Gasteiger partial charge in [-0.15, -0.1) is 0 Å². The third-order valence-electron chi connectivity index (χ3n) is 5.55. The van der Waals surface area contributed by atoms with Gasteiger partial charge >= 0.3 is 0 Å². The van der Waals surface area contributed by atoms with Gasteiger partial charge < -0.3 is 10.1 Å². The number of aryl methyl sites for hydroxylation is 1. The highest BCUT2D eigenvalue weighted by molar-refractivity contribution is 5.39. The molecule has 1 aromatic rings. The number of benzene rings is 1. The Morgan fingerprint density at radius 2 is 2.15 bits per heavy atom. The molecule has 1 unspecified atom stereocenters. The highest BCUT2D eigenvalue weighted by atomic mass is 16.5. The lowest BCUT2D eigenvalue weighted by Crippen LogP contribution is -2.41. The Hall–Kier alpha value is -1.02. The van der Waals surface area contributed by atoms with Crippen molar-refractivity contribution in [1.29, 1.82) is 0 Å². The Balaban J connectivity index is 1.70. The smallest absolute Gasteiger partial charge is 0.119 e. The van der Waals surface area contributed by atoms with Crippen LogP contribution in [0.5, 0.6) is 5.75 Å². The first-order chi connectivity index (χ1) is 9.76. The van der Waals surface area contributed by atoms with E-state index in [0.717, 1.165) is 5.75 Å². The summed E-state index contributed by atoms with van der Waals surface area (Å²) in [4.78, 5) is 0. The van der Waals surface area contributed by atoms with Gasteiger partial charge in [0.05, 0.1) is 7.11 Å². The maximum absolute atomic E-state index is 5.35. The molecular formula is C18H27NO. The SMILES string of the molecule is CCC1(CNC2CCCc3cc(OC)ccc32)CCC1. The molecule has 1 fully saturated rings. The third-order valence-corrected chi connectivity index (χ3v) is 5.55. The Labute approximate surface area is 122 Å². The van der Waals surface area contributed by atoms with E-state index >= 15 is 0 Å². The van der Waals surface area contributed by atoms with E-state index in [1.54, 1.807) is 7.11 Å². The zero-order chi connectivity index (χ0) is 14.0. The van der Waals surface area contributed by atoms with Crippen molar-refractivity contribution in [3.8, 4) is 5.75 Å². The normalized spacial score (nSPS) is 23.8. The lowest BCUT2D eigenvalue weighted by Gasteiger charge is -2.43. The fourth-order valence-electron chi connectivity index (χ4n) is 3.80. The first kappa shape index (κ1) is 13.9. The molecule has 2 aliphatic rings. The predicted octanol–water partition coefficient (Wildman–Crippen LogP) is 4.24. The van der Waals surface area contributed by atoms with Crippen LogP contribution in [-0.2, 0) is 6.42 Å². The van der Waals surface area contributed by atoms with Crippen LogP contribution in [0, 0.1) is 5.41 Å². The van der Waals surface area contributed by atoms with Crippen LogP contribution in [0.15, 0.2) is 18.2 Å². The topological polar surface area (TPSA) is 21.3 Å². The maximum Gasteiger partial charge on any atom is 0.119 e. The summed E-state index contributed by atoms with van der Waals surface area (Å²) < 4.78 is 5.35. The van der Waals surface area contributed by atoms with Gasteiger partial charge in [-0.3, -0.25) is 0 Å². The van der Waals surface area contributed by atoms with Crippen molar-refractivity contribution in [3.63, 3.8) is 0 Å². The van der Waals surface area contributed by atoms with E-state index in [1.807, 2.05) is 0 Å². The van der Waals surface area contributed by atoms with Crippen molar-refractivity contribution in [2.75, 3.05) is 13.7 Å². The fraction of sp³-hybridized carbons (Fsp3) is 0.667. The van der Waals surface area contributed by atoms with Gasteiger partial charge in [0.15, 0.2) is 0 Å². The molecule has 3 rings (SSSR count). The molecule has 0 amide bonds. The number of fused-ring (bicyclic) bond motifs is 1. The minimum Gasteiger partial charge on any atom is -0.497 e. The second-order valence-corrected chi connectivity index (χ2v) is 6.60. The molecule has 2 aliphatic carbocycles. The van der Waals surface area contributed by atoms with Crippen molar-refractivity contribution in [1.82, 2.24) is 5.32 Å². The molecule has 2 nitrogen and oxygen atoms in total. The molecule has 0 bridgehead atoms. The Bertz CT molecular complexity index is 459. The molecule has 0 aromatic heterocycles. The van der Waals surface area contributed by atoms with Gasteiger partial charge in [0.1, 0.15) is 5.75 Å². The molecule has 0 saturated heterocycles. The van der Waals surface area contributed by atoms with E-state index < -0.39 is 0 Å². The summed E-state index contributed by atoms with van der Waals surface area (Å²) in [5.41, 5.74) is 3.58. The molecule has 110 valence electrons. The molecule has 0 heterocycles. The minimum atomic E-state index is 0.550. The van der Waals surface area contributed by atoms with Crippen LogP contribution < -0.4 is 10.1 Å². The molecular weight excluding hydrogens is 246 g/mol. The van der Waals surface area contributed by atoms with Gasteiger partial charge in [0.25, 0.3) is 0 Å².